The minimum atomic E-state index is -3.03. The van der Waals surface area contributed by atoms with Gasteiger partial charge in [0.2, 0.25) is 0 Å². The van der Waals surface area contributed by atoms with Crippen LogP contribution in [0.15, 0.2) is 0 Å². The minimum absolute atomic E-state index is 0.0179. The molecule has 1 rings (SSSR count). The van der Waals surface area contributed by atoms with E-state index in [1.165, 1.54) is 0 Å². The summed E-state index contributed by atoms with van der Waals surface area (Å²) in [4.78, 5) is 24.2. The second kappa shape index (κ2) is 8.26. The van der Waals surface area contributed by atoms with E-state index in [0.717, 1.165) is 19.3 Å². The van der Waals surface area contributed by atoms with Crippen molar-refractivity contribution in [3.05, 3.63) is 0 Å². The Bertz CT molecular complexity index is 435. The van der Waals surface area contributed by atoms with Crippen molar-refractivity contribution in [1.29, 1.82) is 0 Å². The fourth-order valence-corrected chi connectivity index (χ4v) is 2.69. The molecule has 140 valence electrons. The first-order valence-corrected chi connectivity index (χ1v) is 8.77. The molecule has 4 nitrogen and oxygen atoms in total. The Labute approximate surface area is 143 Å². The summed E-state index contributed by atoms with van der Waals surface area (Å²) in [6, 6.07) is 0. The molecule has 0 unspecified atom stereocenters. The minimum Gasteiger partial charge on any atom is -0.459 e. The van der Waals surface area contributed by atoms with E-state index in [0.29, 0.717) is 32.6 Å². The molecule has 1 saturated carbocycles. The first kappa shape index (κ1) is 20.8. The number of carbonyl (C=O) groups is 2. The van der Waals surface area contributed by atoms with Crippen LogP contribution in [0.3, 0.4) is 0 Å². The summed E-state index contributed by atoms with van der Waals surface area (Å²) in [5.41, 5.74) is -1.25. The largest absolute Gasteiger partial charge is 0.459 e. The van der Waals surface area contributed by atoms with Crippen molar-refractivity contribution in [2.24, 2.45) is 5.41 Å². The number of ether oxygens (including phenoxy) is 2. The van der Waals surface area contributed by atoms with Crippen LogP contribution in [0.25, 0.3) is 0 Å². The Hall–Kier alpha value is -1.20. The smallest absolute Gasteiger partial charge is 0.312 e. The molecule has 0 amide bonds. The van der Waals surface area contributed by atoms with Gasteiger partial charge in [0.25, 0.3) is 5.92 Å². The molecular formula is C18H30F2O4. The van der Waals surface area contributed by atoms with Gasteiger partial charge in [0.15, 0.2) is 6.61 Å². The van der Waals surface area contributed by atoms with Gasteiger partial charge in [-0.3, -0.25) is 9.59 Å². The topological polar surface area (TPSA) is 52.6 Å². The number of hydrogen-bond donors (Lipinski definition) is 0. The van der Waals surface area contributed by atoms with E-state index in [4.69, 9.17) is 4.74 Å². The normalized spacial score (nSPS) is 18.1. The zero-order valence-electron chi connectivity index (χ0n) is 15.3. The molecule has 0 heterocycles. The first-order valence-electron chi connectivity index (χ1n) is 8.77. The van der Waals surface area contributed by atoms with E-state index in [2.05, 4.69) is 4.74 Å². The molecule has 0 aliphatic heterocycles. The maximum absolute atomic E-state index is 12.7. The fraction of sp³-hybridized carbons (Fsp3) is 0.889. The molecule has 1 fully saturated rings. The quantitative estimate of drug-likeness (QED) is 0.599. The van der Waals surface area contributed by atoms with Crippen LogP contribution in [0.2, 0.25) is 0 Å². The average molecular weight is 348 g/mol. The van der Waals surface area contributed by atoms with Gasteiger partial charge in [-0.05, 0) is 52.4 Å². The Morgan fingerprint density at radius 3 is 2.17 bits per heavy atom. The molecular weight excluding hydrogens is 318 g/mol. The molecule has 0 aromatic heterocycles. The summed E-state index contributed by atoms with van der Waals surface area (Å²) in [5.74, 6) is -3.97. The average Bonchev–Trinajstić information content (AvgIpc) is 2.51. The maximum atomic E-state index is 12.7. The zero-order chi connectivity index (χ0) is 18.4. The highest BCUT2D eigenvalue weighted by atomic mass is 19.3. The van der Waals surface area contributed by atoms with Gasteiger partial charge in [0.1, 0.15) is 5.60 Å². The molecule has 0 radical (unpaired) electrons. The van der Waals surface area contributed by atoms with Gasteiger partial charge in [-0.1, -0.05) is 13.3 Å². The third-order valence-electron chi connectivity index (χ3n) is 4.78. The van der Waals surface area contributed by atoms with Crippen molar-refractivity contribution in [1.82, 2.24) is 0 Å². The van der Waals surface area contributed by atoms with Crippen LogP contribution in [0.5, 0.6) is 0 Å². The van der Waals surface area contributed by atoms with Crippen molar-refractivity contribution >= 4 is 11.9 Å². The molecule has 1 aliphatic rings. The second-order valence-electron chi connectivity index (χ2n) is 7.60. The van der Waals surface area contributed by atoms with E-state index < -0.39 is 29.5 Å². The van der Waals surface area contributed by atoms with E-state index in [9.17, 15) is 18.4 Å². The highest BCUT2D eigenvalue weighted by Crippen LogP contribution is 2.38. The third-order valence-corrected chi connectivity index (χ3v) is 4.78. The van der Waals surface area contributed by atoms with Crippen molar-refractivity contribution < 1.29 is 27.8 Å². The Morgan fingerprint density at radius 1 is 1.08 bits per heavy atom. The van der Waals surface area contributed by atoms with Gasteiger partial charge < -0.3 is 9.47 Å². The number of carbonyl (C=O) groups excluding carboxylic acids is 2. The molecule has 0 bridgehead atoms. The van der Waals surface area contributed by atoms with Gasteiger partial charge >= 0.3 is 11.9 Å². The van der Waals surface area contributed by atoms with Gasteiger partial charge in [-0.25, -0.2) is 8.78 Å². The van der Waals surface area contributed by atoms with Crippen LogP contribution in [0.4, 0.5) is 8.78 Å². The van der Waals surface area contributed by atoms with Crippen LogP contribution in [0, 0.1) is 5.41 Å². The number of halogens is 2. The van der Waals surface area contributed by atoms with E-state index in [-0.39, 0.29) is 12.4 Å². The lowest BCUT2D eigenvalue weighted by Gasteiger charge is -2.39. The number of alkyl halides is 2. The summed E-state index contributed by atoms with van der Waals surface area (Å²) in [7, 11) is 0. The standard InChI is InChI=1S/C18H30F2O4/c1-5-16(2,3)15(22)24-18(10-7-6-8-11-18)12-9-14(21)23-13-17(4,19)20/h5-13H2,1-4H3. The van der Waals surface area contributed by atoms with Crippen LogP contribution in [-0.2, 0) is 19.1 Å². The lowest BCUT2D eigenvalue weighted by atomic mass is 9.80. The predicted octanol–water partition coefficient (Wildman–Crippen LogP) is 4.65. The maximum Gasteiger partial charge on any atom is 0.312 e. The van der Waals surface area contributed by atoms with E-state index in [1.54, 1.807) is 0 Å². The highest BCUT2D eigenvalue weighted by Gasteiger charge is 2.40. The second-order valence-corrected chi connectivity index (χ2v) is 7.60. The summed E-state index contributed by atoms with van der Waals surface area (Å²) < 4.78 is 35.9. The third kappa shape index (κ3) is 6.73. The van der Waals surface area contributed by atoms with Gasteiger partial charge in [-0.15, -0.1) is 0 Å². The number of rotatable bonds is 8. The molecule has 0 aromatic carbocycles. The van der Waals surface area contributed by atoms with Crippen molar-refractivity contribution in [2.45, 2.75) is 90.6 Å². The first-order chi connectivity index (χ1) is 11.0. The molecule has 1 aliphatic carbocycles. The molecule has 0 atom stereocenters. The molecule has 24 heavy (non-hydrogen) atoms. The van der Waals surface area contributed by atoms with E-state index >= 15 is 0 Å². The lowest BCUT2D eigenvalue weighted by molar-refractivity contribution is -0.177. The number of esters is 2. The van der Waals surface area contributed by atoms with Crippen molar-refractivity contribution in [3.63, 3.8) is 0 Å². The number of hydrogen-bond acceptors (Lipinski definition) is 4. The molecule has 0 aromatic rings. The van der Waals surface area contributed by atoms with Gasteiger partial charge in [-0.2, -0.15) is 0 Å². The van der Waals surface area contributed by atoms with Crippen LogP contribution in [-0.4, -0.2) is 30.1 Å². The molecule has 0 N–H and O–H groups in total. The monoisotopic (exact) mass is 348 g/mol. The molecule has 0 saturated heterocycles. The van der Waals surface area contributed by atoms with Gasteiger partial charge in [0, 0.05) is 13.3 Å². The predicted molar refractivity (Wildman–Crippen MR) is 86.8 cm³/mol. The summed E-state index contributed by atoms with van der Waals surface area (Å²) in [5, 5.41) is 0. The van der Waals surface area contributed by atoms with E-state index in [1.807, 2.05) is 20.8 Å². The Morgan fingerprint density at radius 2 is 1.67 bits per heavy atom. The zero-order valence-corrected chi connectivity index (χ0v) is 15.3. The van der Waals surface area contributed by atoms with Crippen molar-refractivity contribution in [2.75, 3.05) is 6.61 Å². The lowest BCUT2D eigenvalue weighted by Crippen LogP contribution is -2.41. The summed E-state index contributed by atoms with van der Waals surface area (Å²) in [6.45, 7) is 5.39. The summed E-state index contributed by atoms with van der Waals surface area (Å²) >= 11 is 0. The Kier molecular flexibility index (Phi) is 7.17. The molecule has 6 heteroatoms. The highest BCUT2D eigenvalue weighted by molar-refractivity contribution is 5.76. The van der Waals surface area contributed by atoms with Crippen LogP contribution in [0.1, 0.15) is 79.1 Å². The van der Waals surface area contributed by atoms with Crippen molar-refractivity contribution in [3.8, 4) is 0 Å². The van der Waals surface area contributed by atoms with Gasteiger partial charge in [0.05, 0.1) is 5.41 Å². The SMILES string of the molecule is CCC(C)(C)C(=O)OC1(CCC(=O)OCC(C)(F)F)CCCCC1. The van der Waals surface area contributed by atoms with Crippen LogP contribution < -0.4 is 0 Å². The van der Waals surface area contributed by atoms with Crippen LogP contribution >= 0.6 is 0 Å². The Balaban J connectivity index is 2.65. The summed E-state index contributed by atoms with van der Waals surface area (Å²) in [6.07, 6.45) is 5.32. The molecule has 0 spiro atoms. The fourth-order valence-electron chi connectivity index (χ4n) is 2.69.